The molecule has 45 heavy (non-hydrogen) atoms. The number of rotatable bonds is 34. The van der Waals surface area contributed by atoms with Crippen molar-refractivity contribution in [2.24, 2.45) is 9.98 Å². The number of aliphatic imine (C=N–C) groups is 2. The molecular weight excluding hydrogens is 709 g/mol. The molecule has 0 aromatic rings. The number of aliphatic hydroxyl groups excluding tert-OH is 2. The molecule has 0 bridgehead atoms. The molecule has 0 rings (SSSR count). The zero-order valence-corrected chi connectivity index (χ0v) is 30.4. The highest BCUT2D eigenvalue weighted by atomic mass is 32.2. The van der Waals surface area contributed by atoms with Crippen LogP contribution in [0.25, 0.3) is 0 Å². The van der Waals surface area contributed by atoms with Crippen molar-refractivity contribution < 1.29 is 48.8 Å². The first-order valence-electron chi connectivity index (χ1n) is 14.2. The molecule has 0 aliphatic heterocycles. The Balaban J connectivity index is 3.25. The summed E-state index contributed by atoms with van der Waals surface area (Å²) in [5.74, 6) is 4.84. The summed E-state index contributed by atoms with van der Waals surface area (Å²) in [6, 6.07) is 0. The van der Waals surface area contributed by atoms with Gasteiger partial charge in [-0.25, -0.2) is 9.59 Å². The Morgan fingerprint density at radius 1 is 0.578 bits per heavy atom. The Morgan fingerprint density at radius 2 is 1.02 bits per heavy atom. The molecule has 0 heterocycles. The van der Waals surface area contributed by atoms with Gasteiger partial charge < -0.3 is 40.1 Å². The van der Waals surface area contributed by atoms with E-state index in [2.05, 4.69) is 20.6 Å². The highest BCUT2D eigenvalue weighted by molar-refractivity contribution is 8.16. The van der Waals surface area contributed by atoms with Crippen LogP contribution in [0.1, 0.15) is 12.8 Å². The van der Waals surface area contributed by atoms with Crippen molar-refractivity contribution in [2.75, 3.05) is 116 Å². The minimum absolute atomic E-state index is 0.00994. The fourth-order valence-corrected chi connectivity index (χ4v) is 7.87. The third kappa shape index (κ3) is 39.5. The van der Waals surface area contributed by atoms with E-state index in [0.29, 0.717) is 58.8 Å². The molecule has 0 aliphatic rings. The Bertz CT molecular complexity index is 723. The van der Waals surface area contributed by atoms with Crippen LogP contribution in [0.5, 0.6) is 0 Å². The van der Waals surface area contributed by atoms with Crippen LogP contribution in [0, 0.1) is 0 Å². The summed E-state index contributed by atoms with van der Waals surface area (Å²) in [7, 11) is 0. The van der Waals surface area contributed by atoms with Gasteiger partial charge in [0.05, 0.1) is 26.3 Å². The molecule has 0 aliphatic carbocycles. The number of aliphatic hydroxyl groups is 2. The normalized spacial score (nSPS) is 11.2. The van der Waals surface area contributed by atoms with E-state index >= 15 is 0 Å². The van der Waals surface area contributed by atoms with Crippen LogP contribution in [0.4, 0.5) is 9.59 Å². The number of carbonyl (C=O) groups excluding carboxylic acids is 2. The van der Waals surface area contributed by atoms with Crippen molar-refractivity contribution in [3.8, 4) is 0 Å². The molecular formula is C25H48N4O10S6. The lowest BCUT2D eigenvalue weighted by molar-refractivity contribution is -0.218. The van der Waals surface area contributed by atoms with Crippen LogP contribution in [-0.2, 0) is 29.0 Å². The first kappa shape index (κ1) is 44.4. The molecule has 4 N–H and O–H groups in total. The molecule has 0 radical (unpaired) electrons. The number of nitrogens with one attached hydrogen (secondary N) is 2. The first-order chi connectivity index (χ1) is 22.2. The molecule has 0 aromatic carbocycles. The maximum atomic E-state index is 11.7. The number of ether oxygens (including phenoxy) is 2. The number of amides is 2. The molecule has 264 valence electrons. The van der Waals surface area contributed by atoms with Crippen molar-refractivity contribution >= 4 is 95.6 Å². The number of carbonyl (C=O) groups is 2. The minimum atomic E-state index is -0.450. The molecule has 0 aromatic heterocycles. The maximum Gasteiger partial charge on any atom is 0.407 e. The van der Waals surface area contributed by atoms with Gasteiger partial charge in [0.1, 0.15) is 13.2 Å². The summed E-state index contributed by atoms with van der Waals surface area (Å²) in [6.07, 6.45) is 2.71. The zero-order chi connectivity index (χ0) is 32.7. The Hall–Kier alpha value is -0.580. The third-order valence-corrected chi connectivity index (χ3v) is 11.2. The molecule has 0 spiro atoms. The van der Waals surface area contributed by atoms with Crippen LogP contribution >= 0.6 is 70.6 Å². The monoisotopic (exact) mass is 756 g/mol. The summed E-state index contributed by atoms with van der Waals surface area (Å²) < 4.78 is 10.0. The summed E-state index contributed by atoms with van der Waals surface area (Å²) in [6.45, 7) is 3.82. The highest BCUT2D eigenvalue weighted by Gasteiger charge is 2.02. The van der Waals surface area contributed by atoms with E-state index in [1.165, 1.54) is 12.8 Å². The van der Waals surface area contributed by atoms with E-state index < -0.39 is 12.2 Å². The van der Waals surface area contributed by atoms with E-state index in [4.69, 9.17) is 39.2 Å². The average molecular weight is 757 g/mol. The third-order valence-electron chi connectivity index (χ3n) is 4.33. The van der Waals surface area contributed by atoms with Gasteiger partial charge in [0.25, 0.3) is 0 Å². The van der Waals surface area contributed by atoms with Crippen molar-refractivity contribution in [1.29, 1.82) is 0 Å². The number of thioether (sulfide) groups is 6. The van der Waals surface area contributed by atoms with E-state index in [-0.39, 0.29) is 19.8 Å². The summed E-state index contributed by atoms with van der Waals surface area (Å²) in [5, 5.41) is 25.3. The molecule has 0 unspecified atom stereocenters. The Morgan fingerprint density at radius 3 is 1.58 bits per heavy atom. The standard InChI is InChI=1S/C25H48N4O10S6/c30-7-1-9-34-24(32)28-5-15-42-21-40-13-3-27-20-39-37-12-18-45-23-43-16-6-29-25(33)35-11-17-44-22-41-14-4-26-19-38-36-10-2-8-31/h19-20,30-31H,1-18,21-23H2,(H,28,32)(H,29,33)/b26-19+,27-20+. The number of hydrogen-bond donors (Lipinski definition) is 4. The van der Waals surface area contributed by atoms with Crippen LogP contribution in [-0.4, -0.2) is 151 Å². The molecule has 0 saturated carbocycles. The minimum Gasteiger partial charge on any atom is -0.449 e. The summed E-state index contributed by atoms with van der Waals surface area (Å²) >= 11 is 10.4. The predicted molar refractivity (Wildman–Crippen MR) is 192 cm³/mol. The van der Waals surface area contributed by atoms with Gasteiger partial charge in [-0.15, -0.1) is 70.6 Å². The first-order valence-corrected chi connectivity index (χ1v) is 21.2. The van der Waals surface area contributed by atoms with Gasteiger partial charge in [-0.05, 0) is 6.42 Å². The van der Waals surface area contributed by atoms with Gasteiger partial charge in [0.2, 0.25) is 12.8 Å². The van der Waals surface area contributed by atoms with Crippen molar-refractivity contribution in [3.05, 3.63) is 0 Å². The van der Waals surface area contributed by atoms with Gasteiger partial charge >= 0.3 is 12.2 Å². The lowest BCUT2D eigenvalue weighted by Gasteiger charge is -2.07. The number of nitrogens with zero attached hydrogens (tertiary/aromatic N) is 2. The van der Waals surface area contributed by atoms with Gasteiger partial charge in [-0.2, -0.15) is 9.78 Å². The molecule has 20 heteroatoms. The fourth-order valence-electron chi connectivity index (χ4n) is 2.28. The lowest BCUT2D eigenvalue weighted by atomic mass is 10.5. The van der Waals surface area contributed by atoms with Gasteiger partial charge in [-0.3, -0.25) is 9.98 Å². The van der Waals surface area contributed by atoms with Crippen LogP contribution in [0.3, 0.4) is 0 Å². The van der Waals surface area contributed by atoms with E-state index in [0.717, 1.165) is 49.8 Å². The molecule has 0 saturated heterocycles. The van der Waals surface area contributed by atoms with Gasteiger partial charge in [0, 0.05) is 82.5 Å². The second-order valence-corrected chi connectivity index (χ2v) is 15.7. The zero-order valence-electron chi connectivity index (χ0n) is 25.5. The lowest BCUT2D eigenvalue weighted by Crippen LogP contribution is -2.27. The van der Waals surface area contributed by atoms with Crippen LogP contribution in [0.15, 0.2) is 9.98 Å². The molecule has 2 amide bonds. The number of alkyl carbamates (subject to hydrolysis) is 2. The smallest absolute Gasteiger partial charge is 0.407 e. The summed E-state index contributed by atoms with van der Waals surface area (Å²) in [4.78, 5) is 50.7. The van der Waals surface area contributed by atoms with Gasteiger partial charge in [-0.1, -0.05) is 0 Å². The molecule has 0 atom stereocenters. The van der Waals surface area contributed by atoms with Crippen molar-refractivity contribution in [2.45, 2.75) is 12.8 Å². The second kappa shape index (κ2) is 39.6. The number of hydrogen-bond acceptors (Lipinski definition) is 18. The van der Waals surface area contributed by atoms with Crippen LogP contribution in [0.2, 0.25) is 0 Å². The fraction of sp³-hybridized carbons (Fsp3) is 0.840. The van der Waals surface area contributed by atoms with Crippen molar-refractivity contribution in [3.63, 3.8) is 0 Å². The second-order valence-electron chi connectivity index (χ2n) is 7.94. The largest absolute Gasteiger partial charge is 0.449 e. The Labute approximate surface area is 292 Å². The SMILES string of the molecule is O=C(NCCSCSCC/N=C/OOCCSCSCCNC(=O)OCCSCSCC/N=C/OOCCCO)OCCCO. The topological polar surface area (TPSA) is 179 Å². The Kier molecular flexibility index (Phi) is 39.1. The summed E-state index contributed by atoms with van der Waals surface area (Å²) in [5.41, 5.74) is 0. The average Bonchev–Trinajstić information content (AvgIpc) is 3.04. The molecule has 0 fully saturated rings. The molecule has 14 nitrogen and oxygen atoms in total. The predicted octanol–water partition coefficient (Wildman–Crippen LogP) is 3.43. The van der Waals surface area contributed by atoms with E-state index in [1.807, 2.05) is 0 Å². The maximum absolute atomic E-state index is 11.7. The van der Waals surface area contributed by atoms with E-state index in [9.17, 15) is 9.59 Å². The highest BCUT2D eigenvalue weighted by Crippen LogP contribution is 2.13. The van der Waals surface area contributed by atoms with E-state index in [1.54, 1.807) is 70.6 Å². The quantitative estimate of drug-likeness (QED) is 0.0187. The van der Waals surface area contributed by atoms with Crippen LogP contribution < -0.4 is 10.6 Å². The van der Waals surface area contributed by atoms with Crippen molar-refractivity contribution in [1.82, 2.24) is 10.6 Å². The van der Waals surface area contributed by atoms with Gasteiger partial charge in [0.15, 0.2) is 0 Å².